The molecule has 0 amide bonds. The number of hydrogen-bond donors (Lipinski definition) is 1. The number of aromatic hydroxyl groups is 1. The predicted molar refractivity (Wildman–Crippen MR) is 66.9 cm³/mol. The van der Waals surface area contributed by atoms with Crippen molar-refractivity contribution in [2.45, 2.75) is 12.8 Å². The van der Waals surface area contributed by atoms with Gasteiger partial charge in [-0.05, 0) is 35.4 Å². The third-order valence-corrected chi connectivity index (χ3v) is 2.66. The molecule has 0 radical (unpaired) electrons. The van der Waals surface area contributed by atoms with Crippen LogP contribution < -0.4 is 0 Å². The lowest BCUT2D eigenvalue weighted by atomic mass is 10.0. The minimum absolute atomic E-state index is 0.0183. The number of rotatable bonds is 4. The summed E-state index contributed by atoms with van der Waals surface area (Å²) in [7, 11) is 0. The normalized spacial score (nSPS) is 10.4. The van der Waals surface area contributed by atoms with Crippen LogP contribution in [0.5, 0.6) is 5.75 Å². The maximum absolute atomic E-state index is 13.0. The van der Waals surface area contributed by atoms with Gasteiger partial charge in [0.2, 0.25) is 0 Å². The van der Waals surface area contributed by atoms with Gasteiger partial charge in [0, 0.05) is 18.9 Å². The Morgan fingerprint density at radius 3 is 2.00 bits per heavy atom. The zero-order valence-corrected chi connectivity index (χ0v) is 10.1. The quantitative estimate of drug-likeness (QED) is 0.919. The van der Waals surface area contributed by atoms with E-state index in [1.165, 1.54) is 12.1 Å². The molecule has 98 valence electrons. The topological polar surface area (TPSA) is 37.3 Å². The number of phenols is 1. The lowest BCUT2D eigenvalue weighted by molar-refractivity contribution is -0.117. The molecule has 19 heavy (non-hydrogen) atoms. The van der Waals surface area contributed by atoms with Crippen LogP contribution >= 0.6 is 0 Å². The van der Waals surface area contributed by atoms with Crippen LogP contribution in [0.25, 0.3) is 0 Å². The van der Waals surface area contributed by atoms with Gasteiger partial charge in [0.05, 0.1) is 0 Å². The molecule has 0 unspecified atom stereocenters. The van der Waals surface area contributed by atoms with Crippen molar-refractivity contribution in [2.24, 2.45) is 0 Å². The number of Topliss-reactive ketones (excluding diaryl/α,β-unsaturated/α-hetero) is 1. The summed E-state index contributed by atoms with van der Waals surface area (Å²) >= 11 is 0. The standard InChI is InChI=1S/C15H12F2O2/c16-12-5-11(6-13(17)9-12)8-15(19)7-10-1-3-14(18)4-2-10/h1-6,9,18H,7-8H2. The molecule has 2 aromatic carbocycles. The number of hydrogen-bond acceptors (Lipinski definition) is 2. The van der Waals surface area contributed by atoms with Crippen LogP contribution in [0.2, 0.25) is 0 Å². The summed E-state index contributed by atoms with van der Waals surface area (Å²) in [5.41, 5.74) is 1.07. The minimum atomic E-state index is -0.688. The van der Waals surface area contributed by atoms with Gasteiger partial charge in [0.25, 0.3) is 0 Å². The van der Waals surface area contributed by atoms with Crippen LogP contribution in [0.15, 0.2) is 42.5 Å². The zero-order chi connectivity index (χ0) is 13.8. The van der Waals surface area contributed by atoms with Gasteiger partial charge in [0.15, 0.2) is 0 Å². The average molecular weight is 262 g/mol. The minimum Gasteiger partial charge on any atom is -0.508 e. The Hall–Kier alpha value is -2.23. The molecule has 0 bridgehead atoms. The molecule has 2 aromatic rings. The lowest BCUT2D eigenvalue weighted by Crippen LogP contribution is -2.07. The van der Waals surface area contributed by atoms with E-state index in [1.54, 1.807) is 12.1 Å². The van der Waals surface area contributed by atoms with Crippen LogP contribution in [0, 0.1) is 11.6 Å². The summed E-state index contributed by atoms with van der Waals surface area (Å²) in [4.78, 5) is 11.8. The zero-order valence-electron chi connectivity index (χ0n) is 10.1. The maximum Gasteiger partial charge on any atom is 0.141 e. The molecule has 4 heteroatoms. The second-order valence-electron chi connectivity index (χ2n) is 4.34. The van der Waals surface area contributed by atoms with E-state index in [0.717, 1.165) is 23.8 Å². The summed E-state index contributed by atoms with van der Waals surface area (Å²) in [6.07, 6.45) is 0.147. The number of carbonyl (C=O) groups excluding carboxylic acids is 1. The van der Waals surface area contributed by atoms with Gasteiger partial charge in [0.1, 0.15) is 23.2 Å². The second kappa shape index (κ2) is 5.61. The first-order valence-electron chi connectivity index (χ1n) is 5.77. The second-order valence-corrected chi connectivity index (χ2v) is 4.34. The van der Waals surface area contributed by atoms with Gasteiger partial charge in [-0.3, -0.25) is 4.79 Å². The summed E-state index contributed by atoms with van der Waals surface area (Å²) in [5.74, 6) is -1.39. The van der Waals surface area contributed by atoms with Crippen LogP contribution in [0.1, 0.15) is 11.1 Å². The molecule has 2 rings (SSSR count). The number of ketones is 1. The van der Waals surface area contributed by atoms with E-state index in [1.807, 2.05) is 0 Å². The molecule has 0 aliphatic rings. The highest BCUT2D eigenvalue weighted by Crippen LogP contribution is 2.13. The van der Waals surface area contributed by atoms with Gasteiger partial charge in [-0.25, -0.2) is 8.78 Å². The highest BCUT2D eigenvalue weighted by molar-refractivity contribution is 5.83. The van der Waals surface area contributed by atoms with Crippen molar-refractivity contribution in [1.82, 2.24) is 0 Å². The molecule has 0 saturated heterocycles. The van der Waals surface area contributed by atoms with Crippen LogP contribution in [0.3, 0.4) is 0 Å². The first-order valence-corrected chi connectivity index (χ1v) is 5.77. The molecular formula is C15H12F2O2. The number of carbonyl (C=O) groups is 1. The van der Waals surface area contributed by atoms with Gasteiger partial charge in [-0.2, -0.15) is 0 Å². The summed E-state index contributed by atoms with van der Waals surface area (Å²) in [6, 6.07) is 9.33. The van der Waals surface area contributed by atoms with Crippen LogP contribution in [-0.4, -0.2) is 10.9 Å². The molecule has 0 fully saturated rings. The Balaban J connectivity index is 2.03. The highest BCUT2D eigenvalue weighted by atomic mass is 19.1. The van der Waals surface area contributed by atoms with E-state index >= 15 is 0 Å². The van der Waals surface area contributed by atoms with Gasteiger partial charge in [-0.15, -0.1) is 0 Å². The van der Waals surface area contributed by atoms with E-state index in [-0.39, 0.29) is 24.4 Å². The largest absolute Gasteiger partial charge is 0.508 e. The number of benzene rings is 2. The van der Waals surface area contributed by atoms with Gasteiger partial charge in [-0.1, -0.05) is 12.1 Å². The predicted octanol–water partition coefficient (Wildman–Crippen LogP) is 3.02. The average Bonchev–Trinajstić information content (AvgIpc) is 2.30. The van der Waals surface area contributed by atoms with E-state index in [0.29, 0.717) is 5.56 Å². The molecule has 0 aliphatic carbocycles. The number of phenolic OH excluding ortho intramolecular Hbond substituents is 1. The van der Waals surface area contributed by atoms with Gasteiger partial charge < -0.3 is 5.11 Å². The van der Waals surface area contributed by atoms with Crippen LogP contribution in [0.4, 0.5) is 8.78 Å². The van der Waals surface area contributed by atoms with E-state index in [4.69, 9.17) is 5.11 Å². The van der Waals surface area contributed by atoms with Crippen molar-refractivity contribution in [3.63, 3.8) is 0 Å². The highest BCUT2D eigenvalue weighted by Gasteiger charge is 2.08. The Morgan fingerprint density at radius 2 is 1.42 bits per heavy atom. The summed E-state index contributed by atoms with van der Waals surface area (Å²) in [5, 5.41) is 9.12. The monoisotopic (exact) mass is 262 g/mol. The van der Waals surface area contributed by atoms with E-state index < -0.39 is 11.6 Å². The Bertz CT molecular complexity index is 571. The molecule has 1 N–H and O–H groups in total. The molecule has 0 saturated carbocycles. The van der Waals surface area contributed by atoms with E-state index in [9.17, 15) is 13.6 Å². The SMILES string of the molecule is O=C(Cc1ccc(O)cc1)Cc1cc(F)cc(F)c1. The van der Waals surface area contributed by atoms with Crippen LogP contribution in [-0.2, 0) is 17.6 Å². The number of halogens is 2. The Kier molecular flexibility index (Phi) is 3.90. The lowest BCUT2D eigenvalue weighted by Gasteiger charge is -2.03. The first kappa shape index (κ1) is 13.2. The molecule has 0 heterocycles. The van der Waals surface area contributed by atoms with Crippen molar-refractivity contribution in [2.75, 3.05) is 0 Å². The van der Waals surface area contributed by atoms with Crippen molar-refractivity contribution in [3.05, 3.63) is 65.2 Å². The third-order valence-electron chi connectivity index (χ3n) is 2.66. The third kappa shape index (κ3) is 3.88. The van der Waals surface area contributed by atoms with E-state index in [2.05, 4.69) is 0 Å². The maximum atomic E-state index is 13.0. The Morgan fingerprint density at radius 1 is 0.895 bits per heavy atom. The Labute approximate surface area is 109 Å². The molecular weight excluding hydrogens is 250 g/mol. The molecule has 0 aromatic heterocycles. The van der Waals surface area contributed by atoms with Crippen molar-refractivity contribution < 1.29 is 18.7 Å². The fraction of sp³-hybridized carbons (Fsp3) is 0.133. The fourth-order valence-corrected chi connectivity index (χ4v) is 1.84. The van der Waals surface area contributed by atoms with Gasteiger partial charge >= 0.3 is 0 Å². The van der Waals surface area contributed by atoms with Crippen molar-refractivity contribution in [3.8, 4) is 5.75 Å². The molecule has 2 nitrogen and oxygen atoms in total. The molecule has 0 spiro atoms. The molecule has 0 aliphatic heterocycles. The fourth-order valence-electron chi connectivity index (χ4n) is 1.84. The van der Waals surface area contributed by atoms with Crippen molar-refractivity contribution >= 4 is 5.78 Å². The molecule has 0 atom stereocenters. The first-order chi connectivity index (χ1) is 9.02. The summed E-state index contributed by atoms with van der Waals surface area (Å²) < 4.78 is 25.9. The summed E-state index contributed by atoms with van der Waals surface area (Å²) in [6.45, 7) is 0. The smallest absolute Gasteiger partial charge is 0.141 e. The van der Waals surface area contributed by atoms with Crippen molar-refractivity contribution in [1.29, 1.82) is 0 Å².